The number of hydrogen-bond donors (Lipinski definition) is 1. The smallest absolute Gasteiger partial charge is 0.350 e. The third-order valence-electron chi connectivity index (χ3n) is 4.73. The van der Waals surface area contributed by atoms with Gasteiger partial charge in [-0.05, 0) is 43.3 Å². The van der Waals surface area contributed by atoms with Crippen LogP contribution >= 0.6 is 0 Å². The lowest BCUT2D eigenvalue weighted by atomic mass is 10.2. The topological polar surface area (TPSA) is 104 Å². The fraction of sp³-hybridized carbons (Fsp3) is 0.182. The van der Waals surface area contributed by atoms with E-state index in [-0.39, 0.29) is 10.5 Å². The Morgan fingerprint density at radius 2 is 1.61 bits per heavy atom. The van der Waals surface area contributed by atoms with E-state index in [0.717, 1.165) is 5.56 Å². The van der Waals surface area contributed by atoms with E-state index in [1.165, 1.54) is 30.2 Å². The largest absolute Gasteiger partial charge is 0.419 e. The molecule has 0 unspecified atom stereocenters. The van der Waals surface area contributed by atoms with Crippen molar-refractivity contribution >= 4 is 38.6 Å². The number of anilines is 1. The van der Waals surface area contributed by atoms with Crippen molar-refractivity contribution in [1.82, 2.24) is 3.97 Å². The van der Waals surface area contributed by atoms with Crippen LogP contribution < -0.4 is 5.32 Å². The average Bonchev–Trinajstić information content (AvgIpc) is 3.11. The molecule has 0 radical (unpaired) electrons. The van der Waals surface area contributed by atoms with E-state index in [1.54, 1.807) is 48.5 Å². The van der Waals surface area contributed by atoms with Crippen LogP contribution in [0, 0.1) is 6.92 Å². The maximum absolute atomic E-state index is 13.0. The number of ether oxygens (including phenoxy) is 2. The molecule has 1 saturated heterocycles. The summed E-state index contributed by atoms with van der Waals surface area (Å²) < 4.78 is 37.3. The Hall–Kier alpha value is -3.59. The highest BCUT2D eigenvalue weighted by Crippen LogP contribution is 2.26. The van der Waals surface area contributed by atoms with E-state index < -0.39 is 27.7 Å². The lowest BCUT2D eigenvalue weighted by molar-refractivity contribution is -0.222. The molecular formula is C22H20N2O6S. The quantitative estimate of drug-likeness (QED) is 0.377. The number of rotatable bonds is 4. The van der Waals surface area contributed by atoms with Crippen LogP contribution in [0.2, 0.25) is 0 Å². The molecule has 0 atom stereocenters. The molecule has 0 spiro atoms. The second kappa shape index (κ2) is 7.28. The van der Waals surface area contributed by atoms with E-state index in [1.807, 2.05) is 6.92 Å². The van der Waals surface area contributed by atoms with Crippen LogP contribution in [0.4, 0.5) is 5.69 Å². The van der Waals surface area contributed by atoms with Gasteiger partial charge in [0.25, 0.3) is 15.8 Å². The lowest BCUT2D eigenvalue weighted by Gasteiger charge is -2.29. The molecule has 0 amide bonds. The standard InChI is InChI=1S/C22H20N2O6S/c1-14-4-7-17(8-5-14)31(27,28)24-11-10-15-12-16(6-9-19(15)24)23-13-18-20(25)29-22(2,3)30-21(18)26/h4-13,23H,1-3H3. The number of nitrogens with zero attached hydrogens (tertiary/aromatic N) is 1. The summed E-state index contributed by atoms with van der Waals surface area (Å²) >= 11 is 0. The molecule has 31 heavy (non-hydrogen) atoms. The van der Waals surface area contributed by atoms with Crippen LogP contribution in [0.15, 0.2) is 71.4 Å². The number of cyclic esters (lactones) is 2. The predicted octanol–water partition coefficient (Wildman–Crippen LogP) is 3.32. The summed E-state index contributed by atoms with van der Waals surface area (Å²) in [6.45, 7) is 4.82. The van der Waals surface area contributed by atoms with Gasteiger partial charge in [-0.1, -0.05) is 17.7 Å². The number of benzene rings is 2. The van der Waals surface area contributed by atoms with Crippen molar-refractivity contribution in [3.8, 4) is 0 Å². The highest BCUT2D eigenvalue weighted by molar-refractivity contribution is 7.90. The van der Waals surface area contributed by atoms with Crippen LogP contribution in [-0.4, -0.2) is 30.1 Å². The summed E-state index contributed by atoms with van der Waals surface area (Å²) in [6.07, 6.45) is 2.70. The molecule has 2 heterocycles. The summed E-state index contributed by atoms with van der Waals surface area (Å²) in [4.78, 5) is 24.2. The Bertz CT molecular complexity index is 1310. The van der Waals surface area contributed by atoms with Gasteiger partial charge in [0.2, 0.25) is 0 Å². The molecule has 1 aliphatic rings. The van der Waals surface area contributed by atoms with Gasteiger partial charge in [-0.2, -0.15) is 0 Å². The first kappa shape index (κ1) is 20.7. The molecule has 1 aromatic heterocycles. The Morgan fingerprint density at radius 3 is 2.26 bits per heavy atom. The number of aryl methyl sites for hydroxylation is 1. The maximum Gasteiger partial charge on any atom is 0.350 e. The first-order valence-corrected chi connectivity index (χ1v) is 10.9. The molecule has 160 valence electrons. The predicted molar refractivity (Wildman–Crippen MR) is 114 cm³/mol. The molecule has 0 saturated carbocycles. The zero-order chi connectivity index (χ0) is 22.4. The van der Waals surface area contributed by atoms with Crippen molar-refractivity contribution in [2.45, 2.75) is 31.5 Å². The molecular weight excluding hydrogens is 420 g/mol. The van der Waals surface area contributed by atoms with Crippen molar-refractivity contribution < 1.29 is 27.5 Å². The minimum Gasteiger partial charge on any atom is -0.419 e. The van der Waals surface area contributed by atoms with Crippen molar-refractivity contribution in [3.63, 3.8) is 0 Å². The number of aromatic nitrogens is 1. The summed E-state index contributed by atoms with van der Waals surface area (Å²) in [5.41, 5.74) is 1.75. The van der Waals surface area contributed by atoms with Crippen molar-refractivity contribution in [2.24, 2.45) is 0 Å². The number of carbonyl (C=O) groups excluding carboxylic acids is 2. The van der Waals surface area contributed by atoms with Gasteiger partial charge in [0.05, 0.1) is 10.4 Å². The van der Waals surface area contributed by atoms with Crippen LogP contribution in [0.5, 0.6) is 0 Å². The van der Waals surface area contributed by atoms with E-state index in [2.05, 4.69) is 5.32 Å². The van der Waals surface area contributed by atoms with Gasteiger partial charge in [0.15, 0.2) is 5.57 Å². The molecule has 3 aromatic rings. The van der Waals surface area contributed by atoms with Crippen molar-refractivity contribution in [3.05, 3.63) is 72.1 Å². The fourth-order valence-electron chi connectivity index (χ4n) is 3.17. The van der Waals surface area contributed by atoms with Crippen LogP contribution in [0.1, 0.15) is 19.4 Å². The zero-order valence-electron chi connectivity index (χ0n) is 17.1. The van der Waals surface area contributed by atoms with Crippen LogP contribution in [-0.2, 0) is 29.1 Å². The van der Waals surface area contributed by atoms with Gasteiger partial charge >= 0.3 is 11.9 Å². The molecule has 1 fully saturated rings. The third-order valence-corrected chi connectivity index (χ3v) is 6.44. The van der Waals surface area contributed by atoms with Gasteiger partial charge in [-0.15, -0.1) is 0 Å². The Kier molecular flexibility index (Phi) is 4.85. The van der Waals surface area contributed by atoms with Crippen molar-refractivity contribution in [1.29, 1.82) is 0 Å². The van der Waals surface area contributed by atoms with E-state index in [9.17, 15) is 18.0 Å². The summed E-state index contributed by atoms with van der Waals surface area (Å²) in [6, 6.07) is 13.3. The Balaban J connectivity index is 1.62. The SMILES string of the molecule is Cc1ccc(S(=O)(=O)n2ccc3cc(NC=C4C(=O)OC(C)(C)OC4=O)ccc32)cc1. The maximum atomic E-state index is 13.0. The van der Waals surface area contributed by atoms with E-state index >= 15 is 0 Å². The van der Waals surface area contributed by atoms with Gasteiger partial charge in [-0.3, -0.25) is 0 Å². The third kappa shape index (κ3) is 3.91. The first-order chi connectivity index (χ1) is 14.6. The normalized spacial score (nSPS) is 16.0. The lowest BCUT2D eigenvalue weighted by Crippen LogP contribution is -2.42. The summed E-state index contributed by atoms with van der Waals surface area (Å²) in [5, 5.41) is 3.52. The first-order valence-electron chi connectivity index (χ1n) is 9.44. The summed E-state index contributed by atoms with van der Waals surface area (Å²) in [5.74, 6) is -2.88. The van der Waals surface area contributed by atoms with Crippen LogP contribution in [0.25, 0.3) is 10.9 Å². The molecule has 1 aliphatic heterocycles. The van der Waals surface area contributed by atoms with E-state index in [4.69, 9.17) is 9.47 Å². The van der Waals surface area contributed by atoms with Crippen LogP contribution in [0.3, 0.4) is 0 Å². The molecule has 8 nitrogen and oxygen atoms in total. The minimum absolute atomic E-state index is 0.194. The number of nitrogens with one attached hydrogen (secondary N) is 1. The van der Waals surface area contributed by atoms with Crippen molar-refractivity contribution in [2.75, 3.05) is 5.32 Å². The van der Waals surface area contributed by atoms with Gasteiger partial charge < -0.3 is 14.8 Å². The molecule has 1 N–H and O–H groups in total. The summed E-state index contributed by atoms with van der Waals surface area (Å²) in [7, 11) is -3.74. The molecule has 4 rings (SSSR count). The Morgan fingerprint density at radius 1 is 0.968 bits per heavy atom. The minimum atomic E-state index is -3.74. The Labute approximate surface area is 179 Å². The molecule has 0 bridgehead atoms. The van der Waals surface area contributed by atoms with Gasteiger partial charge in [-0.25, -0.2) is 22.0 Å². The number of carbonyl (C=O) groups is 2. The average molecular weight is 440 g/mol. The fourth-order valence-corrected chi connectivity index (χ4v) is 4.53. The van der Waals surface area contributed by atoms with E-state index in [0.29, 0.717) is 16.6 Å². The highest BCUT2D eigenvalue weighted by Gasteiger charge is 2.38. The molecule has 9 heteroatoms. The number of fused-ring (bicyclic) bond motifs is 1. The number of hydrogen-bond acceptors (Lipinski definition) is 7. The van der Waals surface area contributed by atoms with Gasteiger partial charge in [0, 0.05) is 37.3 Å². The second-order valence-electron chi connectivity index (χ2n) is 7.58. The molecule has 2 aromatic carbocycles. The highest BCUT2D eigenvalue weighted by atomic mass is 32.2. The second-order valence-corrected chi connectivity index (χ2v) is 9.40. The zero-order valence-corrected chi connectivity index (χ0v) is 17.9. The molecule has 0 aliphatic carbocycles. The monoisotopic (exact) mass is 440 g/mol. The van der Waals surface area contributed by atoms with Gasteiger partial charge in [0.1, 0.15) is 0 Å². The number of esters is 2.